The van der Waals surface area contributed by atoms with Crippen LogP contribution in [0.2, 0.25) is 0 Å². The summed E-state index contributed by atoms with van der Waals surface area (Å²) < 4.78 is 0. The fraction of sp³-hybridized carbons (Fsp3) is 0.636. The Bertz CT molecular complexity index is 237. The lowest BCUT2D eigenvalue weighted by Gasteiger charge is -2.37. The number of hydrogen-bond donors (Lipinski definition) is 0. The largest absolute Gasteiger partial charge is 0.371 e. The molecule has 2 aliphatic heterocycles. The number of rotatable bonds is 0. The molecule has 0 unspecified atom stereocenters. The summed E-state index contributed by atoms with van der Waals surface area (Å²) >= 11 is 0. The van der Waals surface area contributed by atoms with Crippen LogP contribution in [-0.4, -0.2) is 18.0 Å². The van der Waals surface area contributed by atoms with E-state index in [9.17, 15) is 0 Å². The van der Waals surface area contributed by atoms with E-state index in [1.165, 1.54) is 50.0 Å². The molecule has 2 heterocycles. The number of fused-ring (bicyclic) bond motifs is 1. The Morgan fingerprint density at radius 3 is 2.50 bits per heavy atom. The summed E-state index contributed by atoms with van der Waals surface area (Å²) in [5, 5.41) is 0. The van der Waals surface area contributed by atoms with E-state index in [2.05, 4.69) is 18.4 Å². The molecule has 0 aromatic carbocycles. The molecule has 0 aromatic heterocycles. The highest BCUT2D eigenvalue weighted by Crippen LogP contribution is 2.32. The smallest absolute Gasteiger partial charge is 0.0381 e. The van der Waals surface area contributed by atoms with Crippen LogP contribution in [0.4, 0.5) is 0 Å². The molecular formula is C11H17N. The molecule has 12 heavy (non-hydrogen) atoms. The summed E-state index contributed by atoms with van der Waals surface area (Å²) in [5.74, 6) is 0. The van der Waals surface area contributed by atoms with Gasteiger partial charge in [0.1, 0.15) is 0 Å². The molecule has 1 nitrogen and oxygen atoms in total. The van der Waals surface area contributed by atoms with Crippen LogP contribution in [0.25, 0.3) is 0 Å². The minimum Gasteiger partial charge on any atom is -0.371 e. The lowest BCUT2D eigenvalue weighted by Crippen LogP contribution is -2.33. The lowest BCUT2D eigenvalue weighted by atomic mass is 9.93. The molecule has 0 spiro atoms. The van der Waals surface area contributed by atoms with Gasteiger partial charge in [-0.3, -0.25) is 0 Å². The number of allylic oxidation sites excluding steroid dienone is 2. The van der Waals surface area contributed by atoms with Crippen molar-refractivity contribution < 1.29 is 0 Å². The fourth-order valence-electron chi connectivity index (χ4n) is 2.39. The maximum Gasteiger partial charge on any atom is 0.0381 e. The maximum atomic E-state index is 4.15. The summed E-state index contributed by atoms with van der Waals surface area (Å²) in [6.45, 7) is 8.92. The van der Waals surface area contributed by atoms with Gasteiger partial charge in [0, 0.05) is 18.8 Å². The molecule has 2 aliphatic rings. The van der Waals surface area contributed by atoms with Crippen LogP contribution in [-0.2, 0) is 0 Å². The first-order chi connectivity index (χ1) is 5.79. The van der Waals surface area contributed by atoms with Crippen LogP contribution < -0.4 is 0 Å². The monoisotopic (exact) mass is 163 g/mol. The number of nitrogens with zero attached hydrogens (tertiary/aromatic N) is 1. The second-order valence-electron chi connectivity index (χ2n) is 3.93. The van der Waals surface area contributed by atoms with Gasteiger partial charge in [-0.1, -0.05) is 6.58 Å². The van der Waals surface area contributed by atoms with Crippen molar-refractivity contribution in [2.45, 2.75) is 32.6 Å². The molecule has 1 saturated heterocycles. The SMILES string of the molecule is C=C1CCCN2CCCC(C)=C12. The summed E-state index contributed by atoms with van der Waals surface area (Å²) in [4.78, 5) is 2.52. The Morgan fingerprint density at radius 2 is 1.83 bits per heavy atom. The van der Waals surface area contributed by atoms with Crippen molar-refractivity contribution in [2.75, 3.05) is 13.1 Å². The minimum atomic E-state index is 1.21. The average Bonchev–Trinajstić information content (AvgIpc) is 2.04. The molecule has 0 radical (unpaired) electrons. The normalized spacial score (nSPS) is 24.4. The summed E-state index contributed by atoms with van der Waals surface area (Å²) in [5.41, 5.74) is 4.43. The molecule has 0 atom stereocenters. The summed E-state index contributed by atoms with van der Waals surface area (Å²) in [6.07, 6.45) is 5.13. The first kappa shape index (κ1) is 7.90. The highest BCUT2D eigenvalue weighted by Gasteiger charge is 2.22. The fourth-order valence-corrected chi connectivity index (χ4v) is 2.39. The van der Waals surface area contributed by atoms with Gasteiger partial charge in [0.25, 0.3) is 0 Å². The average molecular weight is 163 g/mol. The molecule has 66 valence electrons. The number of hydrogen-bond acceptors (Lipinski definition) is 1. The van der Waals surface area contributed by atoms with E-state index in [4.69, 9.17) is 0 Å². The van der Waals surface area contributed by atoms with Crippen molar-refractivity contribution in [3.63, 3.8) is 0 Å². The van der Waals surface area contributed by atoms with Gasteiger partial charge in [-0.25, -0.2) is 0 Å². The van der Waals surface area contributed by atoms with Crippen LogP contribution in [0.5, 0.6) is 0 Å². The van der Waals surface area contributed by atoms with Crippen LogP contribution in [0, 0.1) is 0 Å². The van der Waals surface area contributed by atoms with E-state index in [-0.39, 0.29) is 0 Å². The minimum absolute atomic E-state index is 1.21. The van der Waals surface area contributed by atoms with E-state index in [1.807, 2.05) is 0 Å². The van der Waals surface area contributed by atoms with Gasteiger partial charge in [-0.05, 0) is 43.8 Å². The third kappa shape index (κ3) is 1.17. The Kier molecular flexibility index (Phi) is 1.95. The Morgan fingerprint density at radius 1 is 1.17 bits per heavy atom. The van der Waals surface area contributed by atoms with Crippen molar-refractivity contribution in [3.05, 3.63) is 23.4 Å². The molecule has 0 N–H and O–H groups in total. The zero-order valence-corrected chi connectivity index (χ0v) is 7.90. The second-order valence-corrected chi connectivity index (χ2v) is 3.93. The molecule has 0 saturated carbocycles. The zero-order valence-electron chi connectivity index (χ0n) is 7.90. The van der Waals surface area contributed by atoms with Crippen LogP contribution in [0.15, 0.2) is 23.4 Å². The third-order valence-electron chi connectivity index (χ3n) is 2.94. The van der Waals surface area contributed by atoms with Crippen LogP contribution in [0.3, 0.4) is 0 Å². The molecule has 0 bridgehead atoms. The molecule has 0 aromatic rings. The topological polar surface area (TPSA) is 3.24 Å². The van der Waals surface area contributed by atoms with Crippen molar-refractivity contribution in [3.8, 4) is 0 Å². The molecule has 2 rings (SSSR count). The van der Waals surface area contributed by atoms with E-state index in [1.54, 1.807) is 5.57 Å². The molecular weight excluding hydrogens is 146 g/mol. The molecule has 0 amide bonds. The Hall–Kier alpha value is -0.720. The highest BCUT2D eigenvalue weighted by molar-refractivity contribution is 5.34. The van der Waals surface area contributed by atoms with Gasteiger partial charge in [0.05, 0.1) is 0 Å². The highest BCUT2D eigenvalue weighted by atomic mass is 15.1. The first-order valence-corrected chi connectivity index (χ1v) is 4.92. The van der Waals surface area contributed by atoms with E-state index in [0.29, 0.717) is 0 Å². The lowest BCUT2D eigenvalue weighted by molar-refractivity contribution is 0.296. The van der Waals surface area contributed by atoms with Crippen molar-refractivity contribution >= 4 is 0 Å². The first-order valence-electron chi connectivity index (χ1n) is 4.92. The third-order valence-corrected chi connectivity index (χ3v) is 2.94. The zero-order chi connectivity index (χ0) is 8.55. The predicted octanol–water partition coefficient (Wildman–Crippen LogP) is 2.71. The molecule has 0 aliphatic carbocycles. The Labute approximate surface area is 74.8 Å². The van der Waals surface area contributed by atoms with Gasteiger partial charge in [-0.15, -0.1) is 0 Å². The van der Waals surface area contributed by atoms with Gasteiger partial charge >= 0.3 is 0 Å². The van der Waals surface area contributed by atoms with Crippen LogP contribution in [0.1, 0.15) is 32.6 Å². The van der Waals surface area contributed by atoms with Gasteiger partial charge in [0.15, 0.2) is 0 Å². The molecule has 1 heteroatoms. The summed E-state index contributed by atoms with van der Waals surface area (Å²) in [7, 11) is 0. The Balaban J connectivity index is 2.32. The maximum absolute atomic E-state index is 4.15. The summed E-state index contributed by atoms with van der Waals surface area (Å²) in [6, 6.07) is 0. The van der Waals surface area contributed by atoms with Crippen molar-refractivity contribution in [1.82, 2.24) is 4.90 Å². The molecule has 1 fully saturated rings. The van der Waals surface area contributed by atoms with Gasteiger partial charge in [0.2, 0.25) is 0 Å². The second kappa shape index (κ2) is 2.96. The van der Waals surface area contributed by atoms with E-state index in [0.717, 1.165) is 0 Å². The van der Waals surface area contributed by atoms with Crippen LogP contribution >= 0.6 is 0 Å². The standard InChI is InChI=1S/C11H17N/c1-9-5-3-7-12-8-4-6-10(2)11(9)12/h1,3-8H2,2H3. The van der Waals surface area contributed by atoms with E-state index >= 15 is 0 Å². The predicted molar refractivity (Wildman–Crippen MR) is 51.9 cm³/mol. The van der Waals surface area contributed by atoms with E-state index < -0.39 is 0 Å². The van der Waals surface area contributed by atoms with Crippen molar-refractivity contribution in [2.24, 2.45) is 0 Å². The van der Waals surface area contributed by atoms with Crippen molar-refractivity contribution in [1.29, 1.82) is 0 Å². The van der Waals surface area contributed by atoms with Gasteiger partial charge in [-0.2, -0.15) is 0 Å². The number of piperidine rings is 1. The quantitative estimate of drug-likeness (QED) is 0.530. The van der Waals surface area contributed by atoms with Gasteiger partial charge < -0.3 is 4.90 Å².